The normalized spacial score (nSPS) is 10.9. The van der Waals surface area contributed by atoms with Gasteiger partial charge in [0, 0.05) is 16.7 Å². The molecule has 0 saturated heterocycles. The molecule has 1 aromatic heterocycles. The maximum atomic E-state index is 7.24. The van der Waals surface area contributed by atoms with Gasteiger partial charge in [-0.15, -0.1) is 0 Å². The Morgan fingerprint density at radius 2 is 0.792 bits per heavy atom. The Kier molecular flexibility index (Phi) is 7.54. The van der Waals surface area contributed by atoms with Crippen LogP contribution in [0.1, 0.15) is 0 Å². The molecule has 0 atom stereocenters. The summed E-state index contributed by atoms with van der Waals surface area (Å²) in [5.74, 6) is 1.91. The van der Waals surface area contributed by atoms with Crippen molar-refractivity contribution in [2.75, 3.05) is 0 Å². The van der Waals surface area contributed by atoms with Crippen molar-refractivity contribution in [2.24, 2.45) is 0 Å². The fourth-order valence-corrected chi connectivity index (χ4v) is 6.16. The van der Waals surface area contributed by atoms with Crippen molar-refractivity contribution in [3.8, 4) is 67.5 Å². The minimum Gasteiger partial charge on any atom is -0.238 e. The molecule has 0 bridgehead atoms. The van der Waals surface area contributed by atoms with Crippen LogP contribution in [0.15, 0.2) is 170 Å². The molecule has 0 radical (unpaired) electrons. The Balaban J connectivity index is 1.23. The number of nitrogens with zero attached hydrogens (tertiary/aromatic N) is 4. The Labute approximate surface area is 279 Å². The van der Waals surface area contributed by atoms with E-state index in [1.54, 1.807) is 0 Å². The van der Waals surface area contributed by atoms with Crippen LogP contribution in [0.25, 0.3) is 83.2 Å². The maximum Gasteiger partial charge on any atom is 0.187 e. The van der Waals surface area contributed by atoms with Crippen molar-refractivity contribution in [3.63, 3.8) is 0 Å². The Morgan fingerprint density at radius 3 is 1.35 bits per heavy atom. The minimum absolute atomic E-state index is 0.630. The van der Waals surface area contributed by atoms with Crippen molar-refractivity contribution in [1.29, 1.82) is 0 Å². The van der Waals surface area contributed by atoms with E-state index in [0.29, 0.717) is 23.2 Å². The molecule has 0 spiro atoms. The standard InChI is InChI=1S/C44H28N4/c1-45-38-27-25-31(26-28-38)30-21-23-32(24-22-30)39-19-9-15-33-16-10-20-40(41(33)39)36-17-8-18-37(29-36)44-47-42(34-11-4-2-5-12-34)46-43(48-44)35-13-6-3-7-14-35/h2-29H. The molecule has 0 unspecified atom stereocenters. The zero-order valence-corrected chi connectivity index (χ0v) is 26.0. The summed E-state index contributed by atoms with van der Waals surface area (Å²) in [5.41, 5.74) is 10.2. The molecule has 7 aromatic carbocycles. The lowest BCUT2D eigenvalue weighted by molar-refractivity contribution is 1.07. The zero-order valence-electron chi connectivity index (χ0n) is 26.0. The number of fused-ring (bicyclic) bond motifs is 1. The van der Waals surface area contributed by atoms with Gasteiger partial charge in [-0.1, -0.05) is 164 Å². The number of rotatable bonds is 6. The molecule has 224 valence electrons. The van der Waals surface area contributed by atoms with E-state index in [-0.39, 0.29) is 0 Å². The third-order valence-electron chi connectivity index (χ3n) is 8.56. The highest BCUT2D eigenvalue weighted by atomic mass is 15.0. The first-order valence-corrected chi connectivity index (χ1v) is 15.8. The highest BCUT2D eigenvalue weighted by molar-refractivity contribution is 6.06. The van der Waals surface area contributed by atoms with Crippen LogP contribution in [-0.2, 0) is 0 Å². The SMILES string of the molecule is [C-]#[N+]c1ccc(-c2ccc(-c3cccc4cccc(-c5cccc(-c6nc(-c7ccccc7)nc(-c7ccccc7)n6)c5)c34)cc2)cc1. The van der Waals surface area contributed by atoms with Crippen LogP contribution in [-0.4, -0.2) is 15.0 Å². The van der Waals surface area contributed by atoms with Crippen LogP contribution in [0.2, 0.25) is 0 Å². The van der Waals surface area contributed by atoms with E-state index in [1.165, 1.54) is 16.3 Å². The Morgan fingerprint density at radius 1 is 0.354 bits per heavy atom. The van der Waals surface area contributed by atoms with Gasteiger partial charge in [0.25, 0.3) is 0 Å². The van der Waals surface area contributed by atoms with Crippen molar-refractivity contribution >= 4 is 16.5 Å². The second-order valence-corrected chi connectivity index (χ2v) is 11.6. The lowest BCUT2D eigenvalue weighted by Gasteiger charge is -2.14. The summed E-state index contributed by atoms with van der Waals surface area (Å²) >= 11 is 0. The molecule has 0 fully saturated rings. The largest absolute Gasteiger partial charge is 0.238 e. The smallest absolute Gasteiger partial charge is 0.187 e. The number of benzene rings is 7. The van der Waals surface area contributed by atoms with Gasteiger partial charge in [0.1, 0.15) is 0 Å². The summed E-state index contributed by atoms with van der Waals surface area (Å²) in [7, 11) is 0. The van der Waals surface area contributed by atoms with Gasteiger partial charge in [-0.3, -0.25) is 0 Å². The van der Waals surface area contributed by atoms with E-state index >= 15 is 0 Å². The second kappa shape index (κ2) is 12.6. The minimum atomic E-state index is 0.630. The van der Waals surface area contributed by atoms with Crippen molar-refractivity contribution < 1.29 is 0 Å². The first-order chi connectivity index (χ1) is 23.7. The molecule has 4 nitrogen and oxygen atoms in total. The predicted octanol–water partition coefficient (Wildman–Crippen LogP) is 11.6. The lowest BCUT2D eigenvalue weighted by atomic mass is 9.90. The van der Waals surface area contributed by atoms with Gasteiger partial charge in [-0.05, 0) is 50.2 Å². The highest BCUT2D eigenvalue weighted by Gasteiger charge is 2.15. The van der Waals surface area contributed by atoms with E-state index in [0.717, 1.165) is 44.5 Å². The number of aromatic nitrogens is 3. The summed E-state index contributed by atoms with van der Waals surface area (Å²) in [4.78, 5) is 18.3. The van der Waals surface area contributed by atoms with Crippen LogP contribution >= 0.6 is 0 Å². The molecule has 0 N–H and O–H groups in total. The third kappa shape index (κ3) is 5.62. The van der Waals surface area contributed by atoms with Crippen LogP contribution < -0.4 is 0 Å². The van der Waals surface area contributed by atoms with Crippen LogP contribution in [0, 0.1) is 6.57 Å². The van der Waals surface area contributed by atoms with E-state index in [9.17, 15) is 0 Å². The molecule has 0 aliphatic heterocycles. The third-order valence-corrected chi connectivity index (χ3v) is 8.56. The molecule has 0 aliphatic carbocycles. The summed E-state index contributed by atoms with van der Waals surface area (Å²) in [6.45, 7) is 7.24. The molecule has 8 rings (SSSR count). The number of hydrogen-bond donors (Lipinski definition) is 0. The zero-order chi connectivity index (χ0) is 32.3. The van der Waals surface area contributed by atoms with Crippen LogP contribution in [0.4, 0.5) is 5.69 Å². The van der Waals surface area contributed by atoms with Gasteiger partial charge in [0.05, 0.1) is 6.57 Å². The van der Waals surface area contributed by atoms with Crippen LogP contribution in [0.3, 0.4) is 0 Å². The van der Waals surface area contributed by atoms with Crippen molar-refractivity contribution in [3.05, 3.63) is 181 Å². The summed E-state index contributed by atoms with van der Waals surface area (Å²) < 4.78 is 0. The Hall–Kier alpha value is -6.70. The molecule has 1 heterocycles. The van der Waals surface area contributed by atoms with Gasteiger partial charge in [-0.2, -0.15) is 0 Å². The first-order valence-electron chi connectivity index (χ1n) is 15.8. The maximum absolute atomic E-state index is 7.24. The average Bonchev–Trinajstić information content (AvgIpc) is 3.18. The molecule has 0 aliphatic rings. The lowest BCUT2D eigenvalue weighted by Crippen LogP contribution is -2.00. The van der Waals surface area contributed by atoms with Gasteiger partial charge in [-0.25, -0.2) is 19.8 Å². The topological polar surface area (TPSA) is 43.0 Å². The highest BCUT2D eigenvalue weighted by Crippen LogP contribution is 2.38. The molecule has 4 heteroatoms. The fourth-order valence-electron chi connectivity index (χ4n) is 6.16. The van der Waals surface area contributed by atoms with Crippen molar-refractivity contribution in [1.82, 2.24) is 15.0 Å². The number of hydrogen-bond acceptors (Lipinski definition) is 3. The summed E-state index contributed by atoms with van der Waals surface area (Å²) in [6, 6.07) is 58.0. The molecule has 0 saturated carbocycles. The van der Waals surface area contributed by atoms with Crippen LogP contribution in [0.5, 0.6) is 0 Å². The van der Waals surface area contributed by atoms with E-state index < -0.39 is 0 Å². The average molecular weight is 613 g/mol. The van der Waals surface area contributed by atoms with E-state index in [2.05, 4.69) is 89.8 Å². The van der Waals surface area contributed by atoms with E-state index in [4.69, 9.17) is 21.5 Å². The molecule has 8 aromatic rings. The monoisotopic (exact) mass is 612 g/mol. The second-order valence-electron chi connectivity index (χ2n) is 11.6. The van der Waals surface area contributed by atoms with E-state index in [1.807, 2.05) is 84.9 Å². The van der Waals surface area contributed by atoms with Crippen molar-refractivity contribution in [2.45, 2.75) is 0 Å². The molecular formula is C44H28N4. The summed E-state index contributed by atoms with van der Waals surface area (Å²) in [5, 5.41) is 2.36. The van der Waals surface area contributed by atoms with Gasteiger partial charge in [0.15, 0.2) is 23.2 Å². The molecule has 0 amide bonds. The first kappa shape index (κ1) is 28.8. The molecular weight excluding hydrogens is 585 g/mol. The fraction of sp³-hybridized carbons (Fsp3) is 0. The predicted molar refractivity (Wildman–Crippen MR) is 196 cm³/mol. The summed E-state index contributed by atoms with van der Waals surface area (Å²) in [6.07, 6.45) is 0. The Bertz CT molecular complexity index is 2370. The quantitative estimate of drug-likeness (QED) is 0.175. The van der Waals surface area contributed by atoms with Gasteiger partial charge < -0.3 is 0 Å². The van der Waals surface area contributed by atoms with Gasteiger partial charge in [0.2, 0.25) is 0 Å². The van der Waals surface area contributed by atoms with Gasteiger partial charge >= 0.3 is 0 Å². The molecule has 48 heavy (non-hydrogen) atoms.